The predicted octanol–water partition coefficient (Wildman–Crippen LogP) is 5.14. The summed E-state index contributed by atoms with van der Waals surface area (Å²) in [5, 5.41) is 0.553. The van der Waals surface area contributed by atoms with Gasteiger partial charge in [-0.25, -0.2) is 4.39 Å². The first-order valence-electron chi connectivity index (χ1n) is 9.27. The number of nitrogens with two attached hydrogens (primary N) is 1. The Morgan fingerprint density at radius 2 is 1.86 bits per heavy atom. The molecule has 4 nitrogen and oxygen atoms in total. The van der Waals surface area contributed by atoms with Gasteiger partial charge in [0.15, 0.2) is 11.6 Å². The molecule has 28 heavy (non-hydrogen) atoms. The Hall–Kier alpha value is -1.98. The number of nitrogens with zero attached hydrogens (tertiary/aromatic N) is 1. The first kappa shape index (κ1) is 20.7. The van der Waals surface area contributed by atoms with Gasteiger partial charge in [0.05, 0.1) is 21.7 Å². The number of nitrogen functional groups attached to an aromatic ring is 1. The van der Waals surface area contributed by atoms with Crippen LogP contribution in [-0.4, -0.2) is 30.5 Å². The minimum Gasteiger partial charge on any atom is -0.489 e. The number of anilines is 1. The lowest BCUT2D eigenvalue weighted by Gasteiger charge is -2.33. The Morgan fingerprint density at radius 1 is 1.25 bits per heavy atom. The summed E-state index contributed by atoms with van der Waals surface area (Å²) in [7, 11) is 0. The maximum absolute atomic E-state index is 13.9. The molecule has 0 saturated carbocycles. The third-order valence-corrected chi connectivity index (χ3v) is 5.76. The number of carbonyl (C=O) groups is 1. The molecule has 7 heteroatoms. The van der Waals surface area contributed by atoms with E-state index in [0.29, 0.717) is 24.6 Å². The third kappa shape index (κ3) is 4.70. The molecule has 0 aliphatic carbocycles. The van der Waals surface area contributed by atoms with Gasteiger partial charge in [-0.3, -0.25) is 4.79 Å². The van der Waals surface area contributed by atoms with Gasteiger partial charge < -0.3 is 15.4 Å². The average molecular weight is 425 g/mol. The summed E-state index contributed by atoms with van der Waals surface area (Å²) in [5.41, 5.74) is 6.69. The molecular weight excluding hydrogens is 402 g/mol. The minimum absolute atomic E-state index is 0.0254. The van der Waals surface area contributed by atoms with Crippen LogP contribution in [0.5, 0.6) is 5.75 Å². The molecule has 1 fully saturated rings. The molecule has 2 aromatic rings. The van der Waals surface area contributed by atoms with Gasteiger partial charge in [-0.1, -0.05) is 42.3 Å². The van der Waals surface area contributed by atoms with Crippen LogP contribution in [0.25, 0.3) is 0 Å². The number of carbonyl (C=O) groups excluding carboxylic acids is 1. The molecule has 0 spiro atoms. The van der Waals surface area contributed by atoms with E-state index in [-0.39, 0.29) is 34.0 Å². The van der Waals surface area contributed by atoms with Gasteiger partial charge in [-0.2, -0.15) is 0 Å². The van der Waals surface area contributed by atoms with Crippen molar-refractivity contribution < 1.29 is 13.9 Å². The Labute approximate surface area is 174 Å². The number of piperidine rings is 1. The van der Waals surface area contributed by atoms with Crippen LogP contribution in [0.4, 0.5) is 10.1 Å². The number of rotatable bonds is 5. The van der Waals surface area contributed by atoms with Gasteiger partial charge in [0.25, 0.3) is 0 Å². The van der Waals surface area contributed by atoms with Crippen molar-refractivity contribution in [2.45, 2.75) is 25.7 Å². The quantitative estimate of drug-likeness (QED) is 0.676. The zero-order chi connectivity index (χ0) is 20.3. The standard InChI is InChI=1S/C21H23Cl2FN2O2/c1-13-6-8-26(9-7-13)21(27)15(12-28-19-5-3-2-4-18(19)24)14-10-16(22)20(25)17(23)11-14/h2-5,10-11,13,15H,6-9,12,25H2,1H3. The topological polar surface area (TPSA) is 55.6 Å². The lowest BCUT2D eigenvalue weighted by Crippen LogP contribution is -2.42. The summed E-state index contributed by atoms with van der Waals surface area (Å²) in [6.45, 7) is 3.53. The molecule has 0 aromatic heterocycles. The van der Waals surface area contributed by atoms with Crippen LogP contribution < -0.4 is 10.5 Å². The molecule has 1 saturated heterocycles. The van der Waals surface area contributed by atoms with Crippen LogP contribution in [-0.2, 0) is 4.79 Å². The molecule has 2 N–H and O–H groups in total. The first-order chi connectivity index (χ1) is 13.4. The highest BCUT2D eigenvalue weighted by molar-refractivity contribution is 6.39. The molecule has 1 aliphatic heterocycles. The van der Waals surface area contributed by atoms with Gasteiger partial charge in [0, 0.05) is 13.1 Å². The van der Waals surface area contributed by atoms with Gasteiger partial charge >= 0.3 is 0 Å². The predicted molar refractivity (Wildman–Crippen MR) is 110 cm³/mol. The smallest absolute Gasteiger partial charge is 0.233 e. The highest BCUT2D eigenvalue weighted by atomic mass is 35.5. The fourth-order valence-electron chi connectivity index (χ4n) is 3.30. The molecule has 1 atom stereocenters. The second-order valence-corrected chi connectivity index (χ2v) is 8.01. The van der Waals surface area contributed by atoms with Crippen molar-refractivity contribution in [3.63, 3.8) is 0 Å². The summed E-state index contributed by atoms with van der Waals surface area (Å²) in [4.78, 5) is 15.1. The van der Waals surface area contributed by atoms with E-state index in [4.69, 9.17) is 33.7 Å². The van der Waals surface area contributed by atoms with Gasteiger partial charge in [0.1, 0.15) is 6.61 Å². The monoisotopic (exact) mass is 424 g/mol. The van der Waals surface area contributed by atoms with E-state index in [1.165, 1.54) is 12.1 Å². The zero-order valence-corrected chi connectivity index (χ0v) is 17.1. The van der Waals surface area contributed by atoms with Crippen LogP contribution in [0, 0.1) is 11.7 Å². The SMILES string of the molecule is CC1CCN(C(=O)C(COc2ccccc2F)c2cc(Cl)c(N)c(Cl)c2)CC1. The Bertz CT molecular complexity index is 831. The average Bonchev–Trinajstić information content (AvgIpc) is 2.68. The molecule has 1 unspecified atom stereocenters. The summed E-state index contributed by atoms with van der Waals surface area (Å²) in [6, 6.07) is 9.36. The summed E-state index contributed by atoms with van der Waals surface area (Å²) < 4.78 is 19.6. The van der Waals surface area contributed by atoms with Gasteiger partial charge in [-0.05, 0) is 48.6 Å². The molecule has 0 bridgehead atoms. The molecule has 1 aliphatic rings. The zero-order valence-electron chi connectivity index (χ0n) is 15.6. The summed E-state index contributed by atoms with van der Waals surface area (Å²) >= 11 is 12.4. The van der Waals surface area contributed by atoms with Gasteiger partial charge in [0.2, 0.25) is 5.91 Å². The molecule has 1 heterocycles. The van der Waals surface area contributed by atoms with Crippen LogP contribution in [0.15, 0.2) is 36.4 Å². The Balaban J connectivity index is 1.87. The van der Waals surface area contributed by atoms with Crippen molar-refractivity contribution in [3.8, 4) is 5.75 Å². The fraction of sp³-hybridized carbons (Fsp3) is 0.381. The second kappa shape index (κ2) is 9.01. The van der Waals surface area contributed by atoms with Crippen molar-refractivity contribution >= 4 is 34.8 Å². The highest BCUT2D eigenvalue weighted by Gasteiger charge is 2.30. The van der Waals surface area contributed by atoms with E-state index in [1.54, 1.807) is 24.3 Å². The highest BCUT2D eigenvalue weighted by Crippen LogP contribution is 2.33. The Morgan fingerprint density at radius 3 is 2.46 bits per heavy atom. The van der Waals surface area contributed by atoms with Crippen LogP contribution >= 0.6 is 23.2 Å². The molecule has 0 radical (unpaired) electrons. The maximum atomic E-state index is 13.9. The lowest BCUT2D eigenvalue weighted by molar-refractivity contribution is -0.134. The van der Waals surface area contributed by atoms with Crippen molar-refractivity contribution in [1.29, 1.82) is 0 Å². The lowest BCUT2D eigenvalue weighted by atomic mass is 9.94. The van der Waals surface area contributed by atoms with E-state index in [9.17, 15) is 9.18 Å². The number of benzene rings is 2. The third-order valence-electron chi connectivity index (χ3n) is 5.14. The van der Waals surface area contributed by atoms with Crippen molar-refractivity contribution in [2.24, 2.45) is 5.92 Å². The number of ether oxygens (including phenoxy) is 1. The van der Waals surface area contributed by atoms with E-state index in [0.717, 1.165) is 12.8 Å². The Kier molecular flexibility index (Phi) is 6.68. The maximum Gasteiger partial charge on any atom is 0.233 e. The molecule has 3 rings (SSSR count). The number of halogens is 3. The first-order valence-corrected chi connectivity index (χ1v) is 10.0. The number of hydrogen-bond acceptors (Lipinski definition) is 3. The summed E-state index contributed by atoms with van der Waals surface area (Å²) in [6.07, 6.45) is 1.91. The van der Waals surface area contributed by atoms with E-state index >= 15 is 0 Å². The van der Waals surface area contributed by atoms with E-state index in [2.05, 4.69) is 6.92 Å². The van der Waals surface area contributed by atoms with Crippen LogP contribution in [0.1, 0.15) is 31.2 Å². The van der Waals surface area contributed by atoms with E-state index < -0.39 is 11.7 Å². The van der Waals surface area contributed by atoms with Crippen molar-refractivity contribution in [1.82, 2.24) is 4.90 Å². The fourth-order valence-corrected chi connectivity index (χ4v) is 3.80. The normalized spacial score (nSPS) is 16.1. The van der Waals surface area contributed by atoms with E-state index in [1.807, 2.05) is 4.90 Å². The van der Waals surface area contributed by atoms with Crippen molar-refractivity contribution in [3.05, 3.63) is 57.8 Å². The van der Waals surface area contributed by atoms with Crippen LogP contribution in [0.2, 0.25) is 10.0 Å². The van der Waals surface area contributed by atoms with Crippen molar-refractivity contribution in [2.75, 3.05) is 25.4 Å². The minimum atomic E-state index is -0.663. The number of para-hydroxylation sites is 1. The molecule has 150 valence electrons. The van der Waals surface area contributed by atoms with Crippen LogP contribution in [0.3, 0.4) is 0 Å². The molecule has 1 amide bonds. The molecule has 2 aromatic carbocycles. The largest absolute Gasteiger partial charge is 0.489 e. The number of amides is 1. The number of hydrogen-bond donors (Lipinski definition) is 1. The number of likely N-dealkylation sites (tertiary alicyclic amines) is 1. The van der Waals surface area contributed by atoms with Gasteiger partial charge in [-0.15, -0.1) is 0 Å². The summed E-state index contributed by atoms with van der Waals surface area (Å²) in [5.74, 6) is -0.532. The molecular formula is C21H23Cl2FN2O2. The second-order valence-electron chi connectivity index (χ2n) is 7.20.